The molecule has 1 aromatic carbocycles. The van der Waals surface area contributed by atoms with Gasteiger partial charge in [0.2, 0.25) is 5.65 Å². The van der Waals surface area contributed by atoms with E-state index < -0.39 is 0 Å². The number of phenolic OH excluding ortho intramolecular Hbond substituents is 1. The molecule has 1 aliphatic rings. The van der Waals surface area contributed by atoms with Crippen LogP contribution >= 0.6 is 0 Å². The zero-order valence-corrected chi connectivity index (χ0v) is 16.3. The minimum Gasteiger partial charge on any atom is -0.507 e. The quantitative estimate of drug-likeness (QED) is 0.492. The van der Waals surface area contributed by atoms with E-state index in [-0.39, 0.29) is 17.3 Å². The first-order valence-corrected chi connectivity index (χ1v) is 9.66. The van der Waals surface area contributed by atoms with Crippen LogP contribution in [0.3, 0.4) is 0 Å². The molecule has 0 amide bonds. The highest BCUT2D eigenvalue weighted by Gasteiger charge is 2.30. The SMILES string of the molecule is CC1(C)CC(n2nnc3cc(-c4ccc(-c5cn[nH]c5)cc4O)nnc32)CCN1. The Kier molecular flexibility index (Phi) is 4.06. The summed E-state index contributed by atoms with van der Waals surface area (Å²) in [5.41, 5.74) is 4.33. The van der Waals surface area contributed by atoms with Crippen LogP contribution in [0.25, 0.3) is 33.5 Å². The third-order valence-electron chi connectivity index (χ3n) is 5.50. The Morgan fingerprint density at radius 1 is 1.14 bits per heavy atom. The van der Waals surface area contributed by atoms with E-state index in [0.29, 0.717) is 22.4 Å². The summed E-state index contributed by atoms with van der Waals surface area (Å²) < 4.78 is 1.89. The van der Waals surface area contributed by atoms with E-state index in [2.05, 4.69) is 49.9 Å². The zero-order chi connectivity index (χ0) is 20.0. The summed E-state index contributed by atoms with van der Waals surface area (Å²) in [4.78, 5) is 0. The van der Waals surface area contributed by atoms with Crippen LogP contribution in [0.15, 0.2) is 36.7 Å². The fraction of sp³-hybridized carbons (Fsp3) is 0.350. The highest BCUT2D eigenvalue weighted by atomic mass is 16.3. The first-order valence-electron chi connectivity index (χ1n) is 9.66. The molecule has 29 heavy (non-hydrogen) atoms. The lowest BCUT2D eigenvalue weighted by molar-refractivity contribution is 0.222. The number of H-pyrrole nitrogens is 1. The Hall–Kier alpha value is -3.33. The van der Waals surface area contributed by atoms with Gasteiger partial charge in [-0.3, -0.25) is 5.10 Å². The largest absolute Gasteiger partial charge is 0.507 e. The van der Waals surface area contributed by atoms with Crippen molar-refractivity contribution in [2.45, 2.75) is 38.3 Å². The number of hydrogen-bond acceptors (Lipinski definition) is 7. The second-order valence-corrected chi connectivity index (χ2v) is 8.15. The molecule has 0 spiro atoms. The van der Waals surface area contributed by atoms with Gasteiger partial charge in [0.25, 0.3) is 0 Å². The van der Waals surface area contributed by atoms with Crippen LogP contribution < -0.4 is 5.32 Å². The number of hydrogen-bond donors (Lipinski definition) is 3. The molecule has 3 aromatic heterocycles. The molecule has 1 fully saturated rings. The number of fused-ring (bicyclic) bond motifs is 1. The third-order valence-corrected chi connectivity index (χ3v) is 5.50. The van der Waals surface area contributed by atoms with Gasteiger partial charge in [-0.2, -0.15) is 5.10 Å². The van der Waals surface area contributed by atoms with Gasteiger partial charge < -0.3 is 10.4 Å². The summed E-state index contributed by atoms with van der Waals surface area (Å²) in [6, 6.07) is 7.50. The summed E-state index contributed by atoms with van der Waals surface area (Å²) >= 11 is 0. The lowest BCUT2D eigenvalue weighted by Gasteiger charge is -2.36. The van der Waals surface area contributed by atoms with Crippen molar-refractivity contribution >= 4 is 11.2 Å². The van der Waals surface area contributed by atoms with Gasteiger partial charge in [0.05, 0.1) is 17.9 Å². The van der Waals surface area contributed by atoms with E-state index in [1.54, 1.807) is 18.5 Å². The predicted molar refractivity (Wildman–Crippen MR) is 108 cm³/mol. The maximum Gasteiger partial charge on any atom is 0.201 e. The molecule has 9 heteroatoms. The molecule has 9 nitrogen and oxygen atoms in total. The maximum atomic E-state index is 10.5. The van der Waals surface area contributed by atoms with Crippen LogP contribution in [0.5, 0.6) is 5.75 Å². The van der Waals surface area contributed by atoms with E-state index in [1.165, 1.54) is 0 Å². The molecule has 148 valence electrons. The highest BCUT2D eigenvalue weighted by molar-refractivity contribution is 5.79. The standard InChI is InChI=1S/C20H22N8O/c1-20(2)9-14(5-6-21-20)28-19-17(25-27-28)8-16(24-26-19)15-4-3-12(7-18(15)29)13-10-22-23-11-13/h3-4,7-8,10-11,14,21,29H,5-6,9H2,1-2H3,(H,22,23). The number of nitrogens with one attached hydrogen (secondary N) is 2. The Morgan fingerprint density at radius 3 is 2.79 bits per heavy atom. The molecular weight excluding hydrogens is 368 g/mol. The normalized spacial score (nSPS) is 18.9. The van der Waals surface area contributed by atoms with Crippen molar-refractivity contribution < 1.29 is 5.11 Å². The summed E-state index contributed by atoms with van der Waals surface area (Å²) in [5, 5.41) is 38.2. The van der Waals surface area contributed by atoms with Crippen LogP contribution in [0.2, 0.25) is 0 Å². The average Bonchev–Trinajstić information content (AvgIpc) is 3.37. The van der Waals surface area contributed by atoms with Crippen LogP contribution in [0.4, 0.5) is 0 Å². The Morgan fingerprint density at radius 2 is 2.03 bits per heavy atom. The Balaban J connectivity index is 1.48. The molecule has 0 saturated carbocycles. The first-order chi connectivity index (χ1) is 14.0. The fourth-order valence-corrected chi connectivity index (χ4v) is 4.01. The predicted octanol–water partition coefficient (Wildman–Crippen LogP) is 2.69. The molecule has 0 bridgehead atoms. The maximum absolute atomic E-state index is 10.5. The molecule has 1 atom stereocenters. The van der Waals surface area contributed by atoms with Crippen molar-refractivity contribution in [1.82, 2.24) is 40.7 Å². The molecule has 3 N–H and O–H groups in total. The molecule has 0 radical (unpaired) electrons. The summed E-state index contributed by atoms with van der Waals surface area (Å²) in [5.74, 6) is 0.129. The van der Waals surface area contributed by atoms with E-state index >= 15 is 0 Å². The third kappa shape index (κ3) is 3.23. The van der Waals surface area contributed by atoms with Crippen LogP contribution in [0, 0.1) is 0 Å². The highest BCUT2D eigenvalue weighted by Crippen LogP contribution is 2.33. The number of phenols is 1. The molecule has 4 aromatic rings. The fourth-order valence-electron chi connectivity index (χ4n) is 4.01. The van der Waals surface area contributed by atoms with Crippen LogP contribution in [0.1, 0.15) is 32.7 Å². The number of benzene rings is 1. The number of piperidine rings is 1. The van der Waals surface area contributed by atoms with Crippen molar-refractivity contribution in [3.63, 3.8) is 0 Å². The lowest BCUT2D eigenvalue weighted by Crippen LogP contribution is -2.46. The lowest BCUT2D eigenvalue weighted by atomic mass is 9.89. The van der Waals surface area contributed by atoms with E-state index in [0.717, 1.165) is 30.5 Å². The molecule has 0 aliphatic carbocycles. The van der Waals surface area contributed by atoms with Crippen molar-refractivity contribution in [2.24, 2.45) is 0 Å². The molecule has 4 heterocycles. The van der Waals surface area contributed by atoms with Crippen LogP contribution in [-0.4, -0.2) is 52.6 Å². The number of aromatic nitrogens is 7. The van der Waals surface area contributed by atoms with Gasteiger partial charge in [0, 0.05) is 22.9 Å². The van der Waals surface area contributed by atoms with Gasteiger partial charge in [-0.25, -0.2) is 4.68 Å². The molecule has 1 aliphatic heterocycles. The number of aromatic amines is 1. The van der Waals surface area contributed by atoms with Crippen molar-refractivity contribution in [2.75, 3.05) is 6.54 Å². The van der Waals surface area contributed by atoms with Gasteiger partial charge in [-0.15, -0.1) is 15.3 Å². The second-order valence-electron chi connectivity index (χ2n) is 8.15. The van der Waals surface area contributed by atoms with Gasteiger partial charge in [0.15, 0.2) is 0 Å². The molecular formula is C20H22N8O. The van der Waals surface area contributed by atoms with Gasteiger partial charge in [-0.05, 0) is 57.0 Å². The zero-order valence-electron chi connectivity index (χ0n) is 16.3. The van der Waals surface area contributed by atoms with E-state index in [9.17, 15) is 5.11 Å². The summed E-state index contributed by atoms with van der Waals surface area (Å²) in [7, 11) is 0. The van der Waals surface area contributed by atoms with Gasteiger partial charge >= 0.3 is 0 Å². The van der Waals surface area contributed by atoms with Crippen molar-refractivity contribution in [3.8, 4) is 28.1 Å². The minimum atomic E-state index is 0.0527. The molecule has 1 saturated heterocycles. The monoisotopic (exact) mass is 390 g/mol. The van der Waals surface area contributed by atoms with Crippen molar-refractivity contribution in [1.29, 1.82) is 0 Å². The number of aromatic hydroxyl groups is 1. The van der Waals surface area contributed by atoms with Gasteiger partial charge in [0.1, 0.15) is 11.3 Å². The molecule has 5 rings (SSSR count). The summed E-state index contributed by atoms with van der Waals surface area (Å²) in [6.07, 6.45) is 5.41. The van der Waals surface area contributed by atoms with Crippen LogP contribution in [-0.2, 0) is 0 Å². The first kappa shape index (κ1) is 17.7. The number of nitrogens with zero attached hydrogens (tertiary/aromatic N) is 6. The number of rotatable bonds is 3. The topological polar surface area (TPSA) is 117 Å². The summed E-state index contributed by atoms with van der Waals surface area (Å²) in [6.45, 7) is 5.32. The van der Waals surface area contributed by atoms with Crippen molar-refractivity contribution in [3.05, 3.63) is 36.7 Å². The Labute approximate surface area is 167 Å². The second kappa shape index (κ2) is 6.63. The van der Waals surface area contributed by atoms with E-state index in [4.69, 9.17) is 0 Å². The smallest absolute Gasteiger partial charge is 0.201 e. The molecule has 1 unspecified atom stereocenters. The van der Waals surface area contributed by atoms with E-state index in [1.807, 2.05) is 22.9 Å². The Bertz CT molecular complexity index is 1160. The average molecular weight is 390 g/mol. The minimum absolute atomic E-state index is 0.0527. The van der Waals surface area contributed by atoms with Gasteiger partial charge in [-0.1, -0.05) is 11.3 Å².